The molecule has 0 amide bonds. The van der Waals surface area contributed by atoms with Crippen LogP contribution >= 0.6 is 11.3 Å². The molecule has 1 aromatic heterocycles. The quantitative estimate of drug-likeness (QED) is 0.518. The van der Waals surface area contributed by atoms with Gasteiger partial charge in [-0.25, -0.2) is 13.2 Å². The zero-order valence-electron chi connectivity index (χ0n) is 17.0. The third kappa shape index (κ3) is 4.24. The SMILES string of the molecule is COC(=O)c1ccc(C)c(S(=O)(=O)N(Cc2cccs2)c2ccc3c(c2)OCCO3)c1. The fourth-order valence-corrected chi connectivity index (χ4v) is 5.75. The standard InChI is InChI=1S/C22H21NO6S2/c1-15-5-6-16(22(24)27-2)12-21(15)31(25,26)23(14-18-4-3-11-30-18)17-7-8-19-20(13-17)29-10-9-28-19/h3-8,11-13H,9-10,14H2,1-2H3. The molecule has 3 aromatic rings. The van der Waals surface area contributed by atoms with Gasteiger partial charge in [-0.3, -0.25) is 4.31 Å². The van der Waals surface area contributed by atoms with Crippen molar-refractivity contribution in [2.24, 2.45) is 0 Å². The number of methoxy groups -OCH3 is 1. The summed E-state index contributed by atoms with van der Waals surface area (Å²) in [6.45, 7) is 2.68. The molecule has 31 heavy (non-hydrogen) atoms. The topological polar surface area (TPSA) is 82.1 Å². The molecule has 2 heterocycles. The predicted octanol–water partition coefficient (Wildman–Crippen LogP) is 4.01. The minimum Gasteiger partial charge on any atom is -0.486 e. The maximum absolute atomic E-state index is 13.8. The number of ether oxygens (including phenoxy) is 3. The van der Waals surface area contributed by atoms with E-state index >= 15 is 0 Å². The van der Waals surface area contributed by atoms with Crippen molar-refractivity contribution in [3.8, 4) is 11.5 Å². The van der Waals surface area contributed by atoms with Gasteiger partial charge in [0.1, 0.15) is 13.2 Å². The molecule has 0 atom stereocenters. The van der Waals surface area contributed by atoms with Crippen molar-refractivity contribution >= 4 is 33.0 Å². The lowest BCUT2D eigenvalue weighted by Crippen LogP contribution is -2.31. The summed E-state index contributed by atoms with van der Waals surface area (Å²) in [5.74, 6) is 0.475. The van der Waals surface area contributed by atoms with Crippen LogP contribution in [0.1, 0.15) is 20.8 Å². The Balaban J connectivity index is 1.82. The minimum absolute atomic E-state index is 0.0434. The molecule has 162 valence electrons. The molecule has 0 radical (unpaired) electrons. The highest BCUT2D eigenvalue weighted by molar-refractivity contribution is 7.92. The summed E-state index contributed by atoms with van der Waals surface area (Å²) in [7, 11) is -2.76. The molecule has 0 unspecified atom stereocenters. The summed E-state index contributed by atoms with van der Waals surface area (Å²) < 4.78 is 44.9. The van der Waals surface area contributed by atoms with Crippen molar-refractivity contribution in [2.75, 3.05) is 24.6 Å². The van der Waals surface area contributed by atoms with E-state index in [2.05, 4.69) is 0 Å². The van der Waals surface area contributed by atoms with Crippen LogP contribution in [0.25, 0.3) is 0 Å². The highest BCUT2D eigenvalue weighted by Gasteiger charge is 2.29. The van der Waals surface area contributed by atoms with Crippen LogP contribution in [0.2, 0.25) is 0 Å². The van der Waals surface area contributed by atoms with Crippen LogP contribution in [-0.4, -0.2) is 34.7 Å². The van der Waals surface area contributed by atoms with Gasteiger partial charge in [-0.15, -0.1) is 11.3 Å². The van der Waals surface area contributed by atoms with Crippen LogP contribution in [0, 0.1) is 6.92 Å². The molecular weight excluding hydrogens is 438 g/mol. The van der Waals surface area contributed by atoms with Crippen molar-refractivity contribution in [1.82, 2.24) is 0 Å². The number of carbonyl (C=O) groups excluding carboxylic acids is 1. The Kier molecular flexibility index (Phi) is 5.88. The lowest BCUT2D eigenvalue weighted by molar-refractivity contribution is 0.0600. The van der Waals surface area contributed by atoms with Crippen LogP contribution in [0.3, 0.4) is 0 Å². The number of sulfonamides is 1. The maximum Gasteiger partial charge on any atom is 0.337 e. The molecule has 0 saturated heterocycles. The Bertz CT molecular complexity index is 1200. The number of thiophene rings is 1. The van der Waals surface area contributed by atoms with Crippen molar-refractivity contribution < 1.29 is 27.4 Å². The van der Waals surface area contributed by atoms with E-state index in [1.54, 1.807) is 37.3 Å². The number of carbonyl (C=O) groups is 1. The number of aryl methyl sites for hydroxylation is 1. The van der Waals surface area contributed by atoms with Crippen LogP contribution in [0.15, 0.2) is 58.8 Å². The van der Waals surface area contributed by atoms with E-state index in [4.69, 9.17) is 14.2 Å². The fraction of sp³-hybridized carbons (Fsp3) is 0.227. The molecule has 7 nitrogen and oxygen atoms in total. The van der Waals surface area contributed by atoms with Gasteiger partial charge >= 0.3 is 5.97 Å². The number of anilines is 1. The first-order valence-corrected chi connectivity index (χ1v) is 11.9. The third-order valence-corrected chi connectivity index (χ3v) is 7.65. The van der Waals surface area contributed by atoms with Gasteiger partial charge in [0.05, 0.1) is 29.8 Å². The predicted molar refractivity (Wildman–Crippen MR) is 118 cm³/mol. The first-order valence-electron chi connectivity index (χ1n) is 9.54. The summed E-state index contributed by atoms with van der Waals surface area (Å²) in [6.07, 6.45) is 0. The molecule has 0 bridgehead atoms. The number of hydrogen-bond donors (Lipinski definition) is 0. The Hall–Kier alpha value is -3.04. The van der Waals surface area contributed by atoms with E-state index < -0.39 is 16.0 Å². The van der Waals surface area contributed by atoms with Crippen molar-refractivity contribution in [2.45, 2.75) is 18.4 Å². The van der Waals surface area contributed by atoms with Crippen molar-refractivity contribution in [1.29, 1.82) is 0 Å². The minimum atomic E-state index is -4.02. The zero-order chi connectivity index (χ0) is 22.0. The number of esters is 1. The first-order chi connectivity index (χ1) is 14.9. The summed E-state index contributed by atoms with van der Waals surface area (Å²) in [6, 6.07) is 13.3. The van der Waals surface area contributed by atoms with Gasteiger partial charge in [-0.2, -0.15) is 0 Å². The number of fused-ring (bicyclic) bond motifs is 1. The Morgan fingerprint density at radius 3 is 2.58 bits per heavy atom. The molecule has 0 saturated carbocycles. The normalized spacial score (nSPS) is 13.0. The second-order valence-corrected chi connectivity index (χ2v) is 9.75. The van der Waals surface area contributed by atoms with Crippen molar-refractivity contribution in [3.05, 3.63) is 69.9 Å². The second kappa shape index (κ2) is 8.60. The molecule has 1 aliphatic heterocycles. The van der Waals surface area contributed by atoms with E-state index in [-0.39, 0.29) is 17.0 Å². The molecule has 0 spiro atoms. The molecular formula is C22H21NO6S2. The lowest BCUT2D eigenvalue weighted by Gasteiger charge is -2.27. The molecule has 0 N–H and O–H groups in total. The van der Waals surface area contributed by atoms with E-state index in [1.807, 2.05) is 17.5 Å². The Morgan fingerprint density at radius 1 is 1.10 bits per heavy atom. The number of nitrogens with zero attached hydrogens (tertiary/aromatic N) is 1. The Labute approximate surface area is 184 Å². The highest BCUT2D eigenvalue weighted by Crippen LogP contribution is 2.37. The summed E-state index contributed by atoms with van der Waals surface area (Å²) in [5, 5.41) is 1.90. The molecule has 4 rings (SSSR count). The van der Waals surface area contributed by atoms with Gasteiger partial charge < -0.3 is 14.2 Å². The van der Waals surface area contributed by atoms with Gasteiger partial charge in [-0.05, 0) is 48.2 Å². The number of hydrogen-bond acceptors (Lipinski definition) is 7. The molecule has 1 aliphatic rings. The maximum atomic E-state index is 13.8. The van der Waals surface area contributed by atoms with Crippen LogP contribution in [-0.2, 0) is 21.3 Å². The largest absolute Gasteiger partial charge is 0.486 e. The van der Waals surface area contributed by atoms with E-state index in [1.165, 1.54) is 28.8 Å². The van der Waals surface area contributed by atoms with Crippen LogP contribution in [0.5, 0.6) is 11.5 Å². The van der Waals surface area contributed by atoms with Crippen LogP contribution < -0.4 is 13.8 Å². The number of rotatable bonds is 6. The van der Waals surface area contributed by atoms with E-state index in [9.17, 15) is 13.2 Å². The average molecular weight is 460 g/mol. The van der Waals surface area contributed by atoms with Gasteiger partial charge in [0.15, 0.2) is 11.5 Å². The third-order valence-electron chi connectivity index (χ3n) is 4.87. The highest BCUT2D eigenvalue weighted by atomic mass is 32.2. The fourth-order valence-electron chi connectivity index (χ4n) is 3.29. The molecule has 0 fully saturated rings. The first kappa shape index (κ1) is 21.2. The van der Waals surface area contributed by atoms with Crippen LogP contribution in [0.4, 0.5) is 5.69 Å². The molecule has 9 heteroatoms. The molecule has 0 aliphatic carbocycles. The van der Waals surface area contributed by atoms with Gasteiger partial charge in [-0.1, -0.05) is 12.1 Å². The van der Waals surface area contributed by atoms with E-state index in [0.717, 1.165) is 4.88 Å². The zero-order valence-corrected chi connectivity index (χ0v) is 18.7. The lowest BCUT2D eigenvalue weighted by atomic mass is 10.1. The van der Waals surface area contributed by atoms with Gasteiger partial charge in [0.2, 0.25) is 0 Å². The average Bonchev–Trinajstić information content (AvgIpc) is 3.30. The van der Waals surface area contributed by atoms with Crippen molar-refractivity contribution in [3.63, 3.8) is 0 Å². The van der Waals surface area contributed by atoms with Gasteiger partial charge in [0.25, 0.3) is 10.0 Å². The molecule has 2 aromatic carbocycles. The smallest absolute Gasteiger partial charge is 0.337 e. The summed E-state index contributed by atoms with van der Waals surface area (Å²) in [5.41, 5.74) is 1.15. The summed E-state index contributed by atoms with van der Waals surface area (Å²) >= 11 is 1.47. The summed E-state index contributed by atoms with van der Waals surface area (Å²) in [4.78, 5) is 12.9. The number of benzene rings is 2. The monoisotopic (exact) mass is 459 g/mol. The Morgan fingerprint density at radius 2 is 1.87 bits per heavy atom. The van der Waals surface area contributed by atoms with Gasteiger partial charge in [0, 0.05) is 10.9 Å². The van der Waals surface area contributed by atoms with E-state index in [0.29, 0.717) is 36.0 Å². The second-order valence-electron chi connectivity index (χ2n) is 6.89.